The second-order valence-corrected chi connectivity index (χ2v) is 5.39. The second kappa shape index (κ2) is 6.16. The number of ether oxygens (including phenoxy) is 2. The summed E-state index contributed by atoms with van der Waals surface area (Å²) in [7, 11) is 3.31. The number of carbonyl (C=O) groups is 1. The number of rotatable bonds is 7. The van der Waals surface area contributed by atoms with Gasteiger partial charge < -0.3 is 14.6 Å². The summed E-state index contributed by atoms with van der Waals surface area (Å²) in [5.41, 5.74) is 1.12. The van der Waals surface area contributed by atoms with E-state index in [-0.39, 0.29) is 5.92 Å². The Labute approximate surface area is 119 Å². The average molecular weight is 278 g/mol. The number of carboxylic acid groups (broad SMARTS) is 1. The van der Waals surface area contributed by atoms with Gasteiger partial charge in [0.25, 0.3) is 0 Å². The third kappa shape index (κ3) is 3.06. The summed E-state index contributed by atoms with van der Waals surface area (Å²) in [5.74, 6) is 1.46. The fourth-order valence-electron chi connectivity index (χ4n) is 2.85. The molecule has 1 aromatic rings. The highest BCUT2D eigenvalue weighted by atomic mass is 16.5. The van der Waals surface area contributed by atoms with Crippen LogP contribution in [0.4, 0.5) is 0 Å². The van der Waals surface area contributed by atoms with Gasteiger partial charge in [0, 0.05) is 5.56 Å². The first kappa shape index (κ1) is 14.7. The standard InChI is InChI=1S/C16H22O4/c1-4-10(7-11-8-14(11)16(17)18)13-9-12(19-2)5-6-15(13)20-3/h5-6,9-11,14H,4,7-8H2,1-3H3,(H,17,18). The monoisotopic (exact) mass is 278 g/mol. The van der Waals surface area contributed by atoms with Crippen LogP contribution >= 0.6 is 0 Å². The van der Waals surface area contributed by atoms with E-state index >= 15 is 0 Å². The van der Waals surface area contributed by atoms with Crippen LogP contribution in [0.2, 0.25) is 0 Å². The smallest absolute Gasteiger partial charge is 0.306 e. The predicted molar refractivity (Wildman–Crippen MR) is 76.4 cm³/mol. The molecule has 0 bridgehead atoms. The molecule has 4 heteroatoms. The molecule has 0 aliphatic heterocycles. The molecule has 0 spiro atoms. The Hall–Kier alpha value is -1.71. The number of hydrogen-bond donors (Lipinski definition) is 1. The van der Waals surface area contributed by atoms with Crippen LogP contribution in [0.1, 0.15) is 37.7 Å². The fraction of sp³-hybridized carbons (Fsp3) is 0.562. The zero-order valence-electron chi connectivity index (χ0n) is 12.3. The summed E-state index contributed by atoms with van der Waals surface area (Å²) >= 11 is 0. The van der Waals surface area contributed by atoms with Crippen molar-refractivity contribution in [2.45, 2.75) is 32.1 Å². The third-order valence-corrected chi connectivity index (χ3v) is 4.20. The molecule has 3 unspecified atom stereocenters. The van der Waals surface area contributed by atoms with E-state index in [4.69, 9.17) is 14.6 Å². The number of hydrogen-bond acceptors (Lipinski definition) is 3. The van der Waals surface area contributed by atoms with Gasteiger partial charge in [0.2, 0.25) is 0 Å². The number of benzene rings is 1. The molecule has 1 aliphatic carbocycles. The van der Waals surface area contributed by atoms with E-state index in [1.165, 1.54) is 0 Å². The van der Waals surface area contributed by atoms with Crippen molar-refractivity contribution in [2.75, 3.05) is 14.2 Å². The van der Waals surface area contributed by atoms with Gasteiger partial charge in [-0.05, 0) is 49.3 Å². The highest BCUT2D eigenvalue weighted by molar-refractivity contribution is 5.73. The summed E-state index contributed by atoms with van der Waals surface area (Å²) in [6, 6.07) is 5.80. The van der Waals surface area contributed by atoms with Crippen LogP contribution in [-0.4, -0.2) is 25.3 Å². The lowest BCUT2D eigenvalue weighted by Gasteiger charge is -2.19. The molecule has 1 aliphatic rings. The molecule has 0 aromatic heterocycles. The van der Waals surface area contributed by atoms with Gasteiger partial charge in [-0.25, -0.2) is 0 Å². The largest absolute Gasteiger partial charge is 0.497 e. The average Bonchev–Trinajstić information content (AvgIpc) is 3.23. The molecule has 0 radical (unpaired) electrons. The first-order valence-electron chi connectivity index (χ1n) is 7.05. The Morgan fingerprint density at radius 1 is 1.40 bits per heavy atom. The van der Waals surface area contributed by atoms with Crippen LogP contribution < -0.4 is 9.47 Å². The maximum Gasteiger partial charge on any atom is 0.306 e. The van der Waals surface area contributed by atoms with Crippen molar-refractivity contribution < 1.29 is 19.4 Å². The van der Waals surface area contributed by atoms with E-state index in [0.29, 0.717) is 11.8 Å². The van der Waals surface area contributed by atoms with E-state index < -0.39 is 5.97 Å². The molecule has 110 valence electrons. The third-order valence-electron chi connectivity index (χ3n) is 4.20. The maximum atomic E-state index is 11.0. The molecule has 1 aromatic carbocycles. The Morgan fingerprint density at radius 3 is 2.65 bits per heavy atom. The highest BCUT2D eigenvalue weighted by Gasteiger charge is 2.44. The SMILES string of the molecule is CCC(CC1CC1C(=O)O)c1cc(OC)ccc1OC. The minimum absolute atomic E-state index is 0.152. The van der Waals surface area contributed by atoms with Gasteiger partial charge in [-0.2, -0.15) is 0 Å². The lowest BCUT2D eigenvalue weighted by molar-refractivity contribution is -0.138. The van der Waals surface area contributed by atoms with Gasteiger partial charge in [0.15, 0.2) is 0 Å². The second-order valence-electron chi connectivity index (χ2n) is 5.39. The van der Waals surface area contributed by atoms with Gasteiger partial charge in [0.1, 0.15) is 11.5 Å². The molecule has 1 N–H and O–H groups in total. The number of carboxylic acids is 1. The molecule has 4 nitrogen and oxygen atoms in total. The Kier molecular flexibility index (Phi) is 4.53. The fourth-order valence-corrected chi connectivity index (χ4v) is 2.85. The van der Waals surface area contributed by atoms with Crippen molar-refractivity contribution in [1.82, 2.24) is 0 Å². The quantitative estimate of drug-likeness (QED) is 0.831. The van der Waals surface area contributed by atoms with Crippen molar-refractivity contribution in [3.63, 3.8) is 0 Å². The zero-order chi connectivity index (χ0) is 14.7. The van der Waals surface area contributed by atoms with E-state index in [9.17, 15) is 4.79 Å². The normalized spacial score (nSPS) is 22.1. The molecular formula is C16H22O4. The molecule has 0 amide bonds. The van der Waals surface area contributed by atoms with Crippen molar-refractivity contribution in [2.24, 2.45) is 11.8 Å². The van der Waals surface area contributed by atoms with Crippen LogP contribution in [0.5, 0.6) is 11.5 Å². The number of methoxy groups -OCH3 is 2. The summed E-state index contributed by atoms with van der Waals surface area (Å²) in [6.07, 6.45) is 2.67. The first-order valence-corrected chi connectivity index (χ1v) is 7.05. The van der Waals surface area contributed by atoms with Gasteiger partial charge in [-0.1, -0.05) is 6.92 Å². The van der Waals surface area contributed by atoms with E-state index in [1.54, 1.807) is 14.2 Å². The van der Waals surface area contributed by atoms with E-state index in [2.05, 4.69) is 6.92 Å². The van der Waals surface area contributed by atoms with Gasteiger partial charge in [-0.3, -0.25) is 4.79 Å². The summed E-state index contributed by atoms with van der Waals surface area (Å²) in [4.78, 5) is 11.0. The predicted octanol–water partition coefficient (Wildman–Crippen LogP) is 3.31. The number of aliphatic carboxylic acids is 1. The molecule has 0 heterocycles. The van der Waals surface area contributed by atoms with Gasteiger partial charge in [-0.15, -0.1) is 0 Å². The highest BCUT2D eigenvalue weighted by Crippen LogP contribution is 2.47. The molecule has 20 heavy (non-hydrogen) atoms. The van der Waals surface area contributed by atoms with Crippen molar-refractivity contribution >= 4 is 5.97 Å². The molecule has 3 atom stereocenters. The van der Waals surface area contributed by atoms with Crippen molar-refractivity contribution in [3.8, 4) is 11.5 Å². The first-order chi connectivity index (χ1) is 9.60. The molecule has 2 rings (SSSR count). The molecule has 1 saturated carbocycles. The van der Waals surface area contributed by atoms with Crippen LogP contribution in [0.3, 0.4) is 0 Å². The molecule has 0 saturated heterocycles. The minimum Gasteiger partial charge on any atom is -0.497 e. The summed E-state index contributed by atoms with van der Waals surface area (Å²) in [5, 5.41) is 9.02. The lowest BCUT2D eigenvalue weighted by atomic mass is 9.89. The van der Waals surface area contributed by atoms with Crippen LogP contribution in [-0.2, 0) is 4.79 Å². The van der Waals surface area contributed by atoms with E-state index in [0.717, 1.165) is 36.3 Å². The van der Waals surface area contributed by atoms with E-state index in [1.807, 2.05) is 18.2 Å². The van der Waals surface area contributed by atoms with Crippen LogP contribution in [0, 0.1) is 11.8 Å². The lowest BCUT2D eigenvalue weighted by Crippen LogP contribution is -2.05. The van der Waals surface area contributed by atoms with Gasteiger partial charge in [0.05, 0.1) is 20.1 Å². The van der Waals surface area contributed by atoms with Crippen molar-refractivity contribution in [1.29, 1.82) is 0 Å². The Morgan fingerprint density at radius 2 is 2.15 bits per heavy atom. The van der Waals surface area contributed by atoms with Crippen LogP contribution in [0.25, 0.3) is 0 Å². The Bertz CT molecular complexity index is 483. The van der Waals surface area contributed by atoms with Gasteiger partial charge >= 0.3 is 5.97 Å². The minimum atomic E-state index is -0.664. The molecule has 1 fully saturated rings. The topological polar surface area (TPSA) is 55.8 Å². The Balaban J connectivity index is 2.16. The molecular weight excluding hydrogens is 256 g/mol. The summed E-state index contributed by atoms with van der Waals surface area (Å²) in [6.45, 7) is 2.13. The van der Waals surface area contributed by atoms with Crippen LogP contribution in [0.15, 0.2) is 18.2 Å². The van der Waals surface area contributed by atoms with Crippen molar-refractivity contribution in [3.05, 3.63) is 23.8 Å². The maximum absolute atomic E-state index is 11.0. The zero-order valence-corrected chi connectivity index (χ0v) is 12.3. The summed E-state index contributed by atoms with van der Waals surface area (Å²) < 4.78 is 10.7.